The second-order valence-corrected chi connectivity index (χ2v) is 6.20. The third-order valence-electron chi connectivity index (χ3n) is 4.02. The number of fused-ring (bicyclic) bond motifs is 1. The van der Waals surface area contributed by atoms with Gasteiger partial charge in [-0.3, -0.25) is 4.90 Å². The lowest BCUT2D eigenvalue weighted by Gasteiger charge is -2.17. The average Bonchev–Trinajstić information content (AvgIpc) is 2.92. The SMILES string of the molecule is Clc1ccc(OCCN2CC3CNCC3C2)c(Cl)c1. The van der Waals surface area contributed by atoms with Crippen molar-refractivity contribution in [2.24, 2.45) is 11.8 Å². The first-order valence-corrected chi connectivity index (χ1v) is 7.49. The monoisotopic (exact) mass is 300 g/mol. The average molecular weight is 301 g/mol. The van der Waals surface area contributed by atoms with Gasteiger partial charge >= 0.3 is 0 Å². The number of rotatable bonds is 4. The fraction of sp³-hybridized carbons (Fsp3) is 0.571. The Morgan fingerprint density at radius 3 is 2.63 bits per heavy atom. The lowest BCUT2D eigenvalue weighted by Crippen LogP contribution is -2.29. The number of hydrogen-bond acceptors (Lipinski definition) is 3. The number of nitrogens with zero attached hydrogens (tertiary/aromatic N) is 1. The molecule has 3 rings (SSSR count). The van der Waals surface area contributed by atoms with E-state index in [-0.39, 0.29) is 0 Å². The molecule has 5 heteroatoms. The summed E-state index contributed by atoms with van der Waals surface area (Å²) in [5, 5.41) is 4.67. The summed E-state index contributed by atoms with van der Waals surface area (Å²) in [6.45, 7) is 6.36. The molecule has 2 unspecified atom stereocenters. The highest BCUT2D eigenvalue weighted by atomic mass is 35.5. The molecule has 2 atom stereocenters. The zero-order valence-corrected chi connectivity index (χ0v) is 12.3. The van der Waals surface area contributed by atoms with Crippen molar-refractivity contribution < 1.29 is 4.74 Å². The van der Waals surface area contributed by atoms with Crippen LogP contribution in [0.2, 0.25) is 10.0 Å². The second-order valence-electron chi connectivity index (χ2n) is 5.36. The quantitative estimate of drug-likeness (QED) is 0.925. The zero-order valence-electron chi connectivity index (χ0n) is 10.7. The van der Waals surface area contributed by atoms with E-state index < -0.39 is 0 Å². The molecule has 3 nitrogen and oxygen atoms in total. The van der Waals surface area contributed by atoms with Crippen molar-refractivity contribution >= 4 is 23.2 Å². The van der Waals surface area contributed by atoms with E-state index in [2.05, 4.69) is 10.2 Å². The Bertz CT molecular complexity index is 443. The molecule has 0 aliphatic carbocycles. The molecule has 2 aliphatic rings. The van der Waals surface area contributed by atoms with Gasteiger partial charge in [-0.2, -0.15) is 0 Å². The summed E-state index contributed by atoms with van der Waals surface area (Å²) >= 11 is 11.9. The van der Waals surface area contributed by atoms with E-state index in [9.17, 15) is 0 Å². The van der Waals surface area contributed by atoms with Gasteiger partial charge < -0.3 is 10.1 Å². The summed E-state index contributed by atoms with van der Waals surface area (Å²) in [7, 11) is 0. The van der Waals surface area contributed by atoms with Gasteiger partial charge in [0.05, 0.1) is 5.02 Å². The summed E-state index contributed by atoms with van der Waals surface area (Å²) in [4.78, 5) is 2.49. The van der Waals surface area contributed by atoms with Crippen LogP contribution in [-0.4, -0.2) is 44.2 Å². The van der Waals surface area contributed by atoms with Crippen LogP contribution in [0.1, 0.15) is 0 Å². The number of ether oxygens (including phenoxy) is 1. The third-order valence-corrected chi connectivity index (χ3v) is 4.55. The Balaban J connectivity index is 1.46. The maximum Gasteiger partial charge on any atom is 0.138 e. The number of halogens is 2. The van der Waals surface area contributed by atoms with Crippen LogP contribution < -0.4 is 10.1 Å². The smallest absolute Gasteiger partial charge is 0.138 e. The highest BCUT2D eigenvalue weighted by Crippen LogP contribution is 2.28. The van der Waals surface area contributed by atoms with Crippen LogP contribution in [0.5, 0.6) is 5.75 Å². The minimum atomic E-state index is 0.579. The van der Waals surface area contributed by atoms with Gasteiger partial charge in [0.25, 0.3) is 0 Å². The topological polar surface area (TPSA) is 24.5 Å². The van der Waals surface area contributed by atoms with Gasteiger partial charge in [0.2, 0.25) is 0 Å². The first kappa shape index (κ1) is 13.5. The molecule has 0 saturated carbocycles. The molecule has 19 heavy (non-hydrogen) atoms. The predicted octanol–water partition coefficient (Wildman–Crippen LogP) is 2.52. The van der Waals surface area contributed by atoms with E-state index in [0.717, 1.165) is 18.4 Å². The van der Waals surface area contributed by atoms with Crippen molar-refractivity contribution in [2.75, 3.05) is 39.3 Å². The Morgan fingerprint density at radius 1 is 1.21 bits per heavy atom. The molecular weight excluding hydrogens is 283 g/mol. The van der Waals surface area contributed by atoms with Crippen molar-refractivity contribution in [3.8, 4) is 5.75 Å². The van der Waals surface area contributed by atoms with E-state index in [1.54, 1.807) is 12.1 Å². The van der Waals surface area contributed by atoms with Crippen LogP contribution >= 0.6 is 23.2 Å². The van der Waals surface area contributed by atoms with Gasteiger partial charge in [0.1, 0.15) is 12.4 Å². The van der Waals surface area contributed by atoms with Gasteiger partial charge in [-0.1, -0.05) is 23.2 Å². The lowest BCUT2D eigenvalue weighted by atomic mass is 10.0. The molecule has 2 fully saturated rings. The van der Waals surface area contributed by atoms with E-state index in [1.165, 1.54) is 26.2 Å². The van der Waals surface area contributed by atoms with Gasteiger partial charge in [-0.25, -0.2) is 0 Å². The molecule has 0 spiro atoms. The fourth-order valence-electron chi connectivity index (χ4n) is 3.01. The summed E-state index contributed by atoms with van der Waals surface area (Å²) in [6, 6.07) is 5.34. The second kappa shape index (κ2) is 5.88. The van der Waals surface area contributed by atoms with Crippen LogP contribution in [0.15, 0.2) is 18.2 Å². The molecule has 0 aromatic heterocycles. The molecule has 1 N–H and O–H groups in total. The highest BCUT2D eigenvalue weighted by molar-refractivity contribution is 6.35. The lowest BCUT2D eigenvalue weighted by molar-refractivity contribution is 0.228. The zero-order chi connectivity index (χ0) is 13.2. The molecule has 0 bridgehead atoms. The Kier molecular flexibility index (Phi) is 4.18. The fourth-order valence-corrected chi connectivity index (χ4v) is 3.48. The molecule has 2 heterocycles. The van der Waals surface area contributed by atoms with E-state index >= 15 is 0 Å². The third kappa shape index (κ3) is 3.16. The molecule has 1 aromatic carbocycles. The molecule has 1 aromatic rings. The first-order chi connectivity index (χ1) is 9.22. The normalized spacial score (nSPS) is 26.6. The van der Waals surface area contributed by atoms with E-state index in [4.69, 9.17) is 27.9 Å². The molecule has 0 amide bonds. The number of hydrogen-bond donors (Lipinski definition) is 1. The van der Waals surface area contributed by atoms with Crippen LogP contribution in [-0.2, 0) is 0 Å². The van der Waals surface area contributed by atoms with Crippen LogP contribution in [0.25, 0.3) is 0 Å². The highest BCUT2D eigenvalue weighted by Gasteiger charge is 2.35. The standard InChI is InChI=1S/C14H18Cl2N2O/c15-12-1-2-14(13(16)5-12)19-4-3-18-8-10-6-17-7-11(10)9-18/h1-2,5,10-11,17H,3-4,6-9H2. The minimum absolute atomic E-state index is 0.579. The van der Waals surface area contributed by atoms with Crippen molar-refractivity contribution in [1.29, 1.82) is 0 Å². The molecule has 2 saturated heterocycles. The van der Waals surface area contributed by atoms with Gasteiger partial charge in [-0.05, 0) is 43.1 Å². The first-order valence-electron chi connectivity index (χ1n) is 6.73. The maximum atomic E-state index is 6.07. The van der Waals surface area contributed by atoms with Crippen molar-refractivity contribution in [2.45, 2.75) is 0 Å². The summed E-state index contributed by atoms with van der Waals surface area (Å²) in [5.41, 5.74) is 0. The van der Waals surface area contributed by atoms with Crippen LogP contribution in [0, 0.1) is 11.8 Å². The minimum Gasteiger partial charge on any atom is -0.491 e. The maximum absolute atomic E-state index is 6.07. The Labute approximate surface area is 123 Å². The Morgan fingerprint density at radius 2 is 1.95 bits per heavy atom. The van der Waals surface area contributed by atoms with Crippen molar-refractivity contribution in [1.82, 2.24) is 10.2 Å². The molecule has 2 aliphatic heterocycles. The molecule has 104 valence electrons. The summed E-state index contributed by atoms with van der Waals surface area (Å²) < 4.78 is 5.73. The largest absolute Gasteiger partial charge is 0.491 e. The van der Waals surface area contributed by atoms with E-state index in [0.29, 0.717) is 22.4 Å². The summed E-state index contributed by atoms with van der Waals surface area (Å²) in [6.07, 6.45) is 0. The Hall–Kier alpha value is -0.480. The van der Waals surface area contributed by atoms with Gasteiger partial charge in [0.15, 0.2) is 0 Å². The molecule has 0 radical (unpaired) electrons. The van der Waals surface area contributed by atoms with Crippen LogP contribution in [0.3, 0.4) is 0 Å². The molecular formula is C14H18Cl2N2O. The van der Waals surface area contributed by atoms with E-state index in [1.807, 2.05) is 6.07 Å². The number of likely N-dealkylation sites (tertiary alicyclic amines) is 1. The van der Waals surface area contributed by atoms with Gasteiger partial charge in [-0.15, -0.1) is 0 Å². The van der Waals surface area contributed by atoms with Crippen molar-refractivity contribution in [3.63, 3.8) is 0 Å². The predicted molar refractivity (Wildman–Crippen MR) is 78.2 cm³/mol. The van der Waals surface area contributed by atoms with Crippen LogP contribution in [0.4, 0.5) is 0 Å². The number of nitrogens with one attached hydrogen (secondary N) is 1. The summed E-state index contributed by atoms with van der Waals surface area (Å²) in [5.74, 6) is 2.38. The number of benzene rings is 1. The van der Waals surface area contributed by atoms with Crippen molar-refractivity contribution in [3.05, 3.63) is 28.2 Å². The van der Waals surface area contributed by atoms with Gasteiger partial charge in [0, 0.05) is 24.7 Å².